The number of hydrogen-bond acceptors (Lipinski definition) is 2. The molecule has 3 nitrogen and oxygen atoms in total. The SMILES string of the molecule is Cc1ccc(C(=O)C(=O)N2CCCC2)cc1. The van der Waals surface area contributed by atoms with E-state index in [1.54, 1.807) is 17.0 Å². The molecule has 84 valence electrons. The number of aryl methyl sites for hydroxylation is 1. The second kappa shape index (κ2) is 4.47. The molecule has 0 unspecified atom stereocenters. The Morgan fingerprint density at radius 3 is 2.19 bits per heavy atom. The van der Waals surface area contributed by atoms with Gasteiger partial charge in [0.15, 0.2) is 0 Å². The molecule has 1 fully saturated rings. The Balaban J connectivity index is 2.12. The largest absolute Gasteiger partial charge is 0.336 e. The predicted molar refractivity (Wildman–Crippen MR) is 61.3 cm³/mol. The first-order valence-corrected chi connectivity index (χ1v) is 5.59. The normalized spacial score (nSPS) is 15.2. The maximum Gasteiger partial charge on any atom is 0.294 e. The van der Waals surface area contributed by atoms with Crippen LogP contribution in [0.3, 0.4) is 0 Å². The molecule has 0 bridgehead atoms. The summed E-state index contributed by atoms with van der Waals surface area (Å²) in [5, 5.41) is 0. The third-order valence-corrected chi connectivity index (χ3v) is 2.90. The Bertz CT molecular complexity index is 402. The third-order valence-electron chi connectivity index (χ3n) is 2.90. The van der Waals surface area contributed by atoms with Gasteiger partial charge in [0.25, 0.3) is 5.91 Å². The summed E-state index contributed by atoms with van der Waals surface area (Å²) < 4.78 is 0. The summed E-state index contributed by atoms with van der Waals surface area (Å²) in [6.07, 6.45) is 2.01. The molecule has 0 radical (unpaired) electrons. The van der Waals surface area contributed by atoms with Gasteiger partial charge >= 0.3 is 0 Å². The highest BCUT2D eigenvalue weighted by atomic mass is 16.2. The van der Waals surface area contributed by atoms with Crippen LogP contribution in [0.15, 0.2) is 24.3 Å². The van der Waals surface area contributed by atoms with E-state index in [1.165, 1.54) is 0 Å². The summed E-state index contributed by atoms with van der Waals surface area (Å²) in [6, 6.07) is 7.13. The van der Waals surface area contributed by atoms with E-state index in [-0.39, 0.29) is 11.7 Å². The summed E-state index contributed by atoms with van der Waals surface area (Å²) >= 11 is 0. The first-order valence-electron chi connectivity index (χ1n) is 5.59. The Morgan fingerprint density at radius 1 is 1.06 bits per heavy atom. The molecule has 1 aliphatic rings. The van der Waals surface area contributed by atoms with Crippen molar-refractivity contribution in [3.63, 3.8) is 0 Å². The Morgan fingerprint density at radius 2 is 1.62 bits per heavy atom. The van der Waals surface area contributed by atoms with Gasteiger partial charge in [0, 0.05) is 18.7 Å². The van der Waals surface area contributed by atoms with Crippen LogP contribution in [0.25, 0.3) is 0 Å². The molecule has 1 amide bonds. The van der Waals surface area contributed by atoms with E-state index in [1.807, 2.05) is 19.1 Å². The molecule has 0 atom stereocenters. The van der Waals surface area contributed by atoms with Crippen molar-refractivity contribution < 1.29 is 9.59 Å². The lowest BCUT2D eigenvalue weighted by Crippen LogP contribution is -2.34. The van der Waals surface area contributed by atoms with Gasteiger partial charge in [-0.15, -0.1) is 0 Å². The van der Waals surface area contributed by atoms with Gasteiger partial charge in [-0.1, -0.05) is 29.8 Å². The maximum atomic E-state index is 11.9. The number of benzene rings is 1. The molecule has 1 aliphatic heterocycles. The zero-order valence-electron chi connectivity index (χ0n) is 9.40. The van der Waals surface area contributed by atoms with E-state index in [0.717, 1.165) is 31.5 Å². The van der Waals surface area contributed by atoms with Crippen LogP contribution in [-0.4, -0.2) is 29.7 Å². The average Bonchev–Trinajstić information content (AvgIpc) is 2.81. The smallest absolute Gasteiger partial charge is 0.294 e. The molecule has 0 saturated carbocycles. The third kappa shape index (κ3) is 2.13. The van der Waals surface area contributed by atoms with Gasteiger partial charge in [-0.25, -0.2) is 0 Å². The van der Waals surface area contributed by atoms with Gasteiger partial charge in [0.1, 0.15) is 0 Å². The molecule has 1 saturated heterocycles. The van der Waals surface area contributed by atoms with Crippen molar-refractivity contribution in [1.82, 2.24) is 4.90 Å². The highest BCUT2D eigenvalue weighted by Gasteiger charge is 2.25. The summed E-state index contributed by atoms with van der Waals surface area (Å²) in [6.45, 7) is 3.39. The number of rotatable bonds is 2. The van der Waals surface area contributed by atoms with Crippen LogP contribution in [0.1, 0.15) is 28.8 Å². The zero-order valence-corrected chi connectivity index (χ0v) is 9.40. The number of likely N-dealkylation sites (tertiary alicyclic amines) is 1. The molecule has 0 N–H and O–H groups in total. The highest BCUT2D eigenvalue weighted by Crippen LogP contribution is 2.11. The lowest BCUT2D eigenvalue weighted by Gasteiger charge is -2.13. The van der Waals surface area contributed by atoms with Gasteiger partial charge in [-0.2, -0.15) is 0 Å². The molecule has 0 aliphatic carbocycles. The Labute approximate surface area is 95.1 Å². The van der Waals surface area contributed by atoms with Crippen molar-refractivity contribution in [1.29, 1.82) is 0 Å². The minimum absolute atomic E-state index is 0.360. The van der Waals surface area contributed by atoms with Crippen molar-refractivity contribution in [3.8, 4) is 0 Å². The van der Waals surface area contributed by atoms with Crippen molar-refractivity contribution in [3.05, 3.63) is 35.4 Å². The lowest BCUT2D eigenvalue weighted by atomic mass is 10.1. The Hall–Kier alpha value is -1.64. The lowest BCUT2D eigenvalue weighted by molar-refractivity contribution is -0.125. The van der Waals surface area contributed by atoms with Crippen LogP contribution < -0.4 is 0 Å². The fourth-order valence-electron chi connectivity index (χ4n) is 1.89. The summed E-state index contributed by atoms with van der Waals surface area (Å²) in [4.78, 5) is 25.3. The highest BCUT2D eigenvalue weighted by molar-refractivity contribution is 6.42. The van der Waals surface area contributed by atoms with E-state index >= 15 is 0 Å². The minimum atomic E-state index is -0.387. The van der Waals surface area contributed by atoms with Crippen LogP contribution in [-0.2, 0) is 4.79 Å². The minimum Gasteiger partial charge on any atom is -0.336 e. The fraction of sp³-hybridized carbons (Fsp3) is 0.385. The van der Waals surface area contributed by atoms with Gasteiger partial charge in [0.05, 0.1) is 0 Å². The summed E-state index contributed by atoms with van der Waals surface area (Å²) in [7, 11) is 0. The van der Waals surface area contributed by atoms with Crippen LogP contribution >= 0.6 is 0 Å². The Kier molecular flexibility index (Phi) is 3.04. The van der Waals surface area contributed by atoms with Crippen LogP contribution in [0, 0.1) is 6.92 Å². The average molecular weight is 217 g/mol. The summed E-state index contributed by atoms with van der Waals surface area (Å²) in [5.41, 5.74) is 1.58. The zero-order chi connectivity index (χ0) is 11.5. The van der Waals surface area contributed by atoms with Crippen LogP contribution in [0.5, 0.6) is 0 Å². The number of hydrogen-bond donors (Lipinski definition) is 0. The number of carbonyl (C=O) groups is 2. The molecule has 0 aromatic heterocycles. The van der Waals surface area contributed by atoms with E-state index in [9.17, 15) is 9.59 Å². The molecule has 3 heteroatoms. The van der Waals surface area contributed by atoms with E-state index in [0.29, 0.717) is 5.56 Å². The standard InChI is InChI=1S/C13H15NO2/c1-10-4-6-11(7-5-10)12(15)13(16)14-8-2-3-9-14/h4-7H,2-3,8-9H2,1H3. The molecular formula is C13H15NO2. The van der Waals surface area contributed by atoms with Crippen molar-refractivity contribution >= 4 is 11.7 Å². The van der Waals surface area contributed by atoms with E-state index < -0.39 is 0 Å². The monoisotopic (exact) mass is 217 g/mol. The van der Waals surface area contributed by atoms with Gasteiger partial charge in [0.2, 0.25) is 5.78 Å². The van der Waals surface area contributed by atoms with Crippen molar-refractivity contribution in [2.24, 2.45) is 0 Å². The number of nitrogens with zero attached hydrogens (tertiary/aromatic N) is 1. The molecule has 1 aromatic rings. The predicted octanol–water partition coefficient (Wildman–Crippen LogP) is 1.80. The topological polar surface area (TPSA) is 37.4 Å². The first-order chi connectivity index (χ1) is 7.68. The van der Waals surface area contributed by atoms with Gasteiger partial charge < -0.3 is 4.90 Å². The number of carbonyl (C=O) groups excluding carboxylic acids is 2. The molecular weight excluding hydrogens is 202 g/mol. The van der Waals surface area contributed by atoms with Gasteiger partial charge in [-0.3, -0.25) is 9.59 Å². The quantitative estimate of drug-likeness (QED) is 0.559. The number of ketones is 1. The van der Waals surface area contributed by atoms with Crippen LogP contribution in [0.2, 0.25) is 0 Å². The van der Waals surface area contributed by atoms with E-state index in [2.05, 4.69) is 0 Å². The molecule has 1 heterocycles. The maximum absolute atomic E-state index is 11.9. The number of Topliss-reactive ketones (excluding diaryl/α,β-unsaturated/α-hetero) is 1. The molecule has 1 aromatic carbocycles. The van der Waals surface area contributed by atoms with Gasteiger partial charge in [-0.05, 0) is 19.8 Å². The van der Waals surface area contributed by atoms with Crippen molar-refractivity contribution in [2.45, 2.75) is 19.8 Å². The van der Waals surface area contributed by atoms with E-state index in [4.69, 9.17) is 0 Å². The van der Waals surface area contributed by atoms with Crippen LogP contribution in [0.4, 0.5) is 0 Å². The second-order valence-electron chi connectivity index (χ2n) is 4.19. The van der Waals surface area contributed by atoms with Crippen molar-refractivity contribution in [2.75, 3.05) is 13.1 Å². The number of amides is 1. The molecule has 2 rings (SSSR count). The summed E-state index contributed by atoms with van der Waals surface area (Å²) in [5.74, 6) is -0.747. The fourth-order valence-corrected chi connectivity index (χ4v) is 1.89. The molecule has 0 spiro atoms. The second-order valence-corrected chi connectivity index (χ2v) is 4.19. The molecule has 16 heavy (non-hydrogen) atoms. The first kappa shape index (κ1) is 10.9.